The van der Waals surface area contributed by atoms with Crippen LogP contribution in [0.15, 0.2) is 0 Å². The third kappa shape index (κ3) is 86.4. The van der Waals surface area contributed by atoms with Crippen LogP contribution in [0.5, 0.6) is 0 Å². The van der Waals surface area contributed by atoms with Gasteiger partial charge in [0.15, 0.2) is 0 Å². The van der Waals surface area contributed by atoms with Gasteiger partial charge in [0.1, 0.15) is 0 Å². The first kappa shape index (κ1) is 12.9. The summed E-state index contributed by atoms with van der Waals surface area (Å²) in [6, 6.07) is 0. The number of hydrogen-bond acceptors (Lipinski definition) is 2. The molecule has 0 aromatic heterocycles. The van der Waals surface area contributed by atoms with Crippen LogP contribution in [0.3, 0.4) is 0 Å². The fourth-order valence-corrected chi connectivity index (χ4v) is 0. The molecule has 0 saturated heterocycles. The number of thiol groups is 1. The Morgan fingerprint density at radius 3 is 1.25 bits per heavy atom. The molecule has 0 aliphatic carbocycles. The predicted molar refractivity (Wildman–Crippen MR) is 45.5 cm³/mol. The molecule has 0 bridgehead atoms. The number of halogens is 3. The molecule has 0 amide bonds. The van der Waals surface area contributed by atoms with E-state index < -0.39 is 25.7 Å². The molecule has 0 aliphatic heterocycles. The van der Waals surface area contributed by atoms with Gasteiger partial charge in [-0.2, -0.15) is 0 Å². The second-order valence-corrected chi connectivity index (χ2v) is 46.1. The zero-order valence-electron chi connectivity index (χ0n) is 3.29. The van der Waals surface area contributed by atoms with E-state index in [1.807, 2.05) is 0 Å². The molecule has 3 nitrogen and oxygen atoms in total. The van der Waals surface area contributed by atoms with E-state index in [1.165, 1.54) is 0 Å². The van der Waals surface area contributed by atoms with Gasteiger partial charge in [0.2, 0.25) is 0 Å². The first-order valence-electron chi connectivity index (χ1n) is 1.07. The van der Waals surface area contributed by atoms with Gasteiger partial charge in [-0.3, -0.25) is 4.55 Å². The van der Waals surface area contributed by atoms with Crippen molar-refractivity contribution in [3.8, 4) is 0 Å². The molecule has 0 aliphatic rings. The summed E-state index contributed by atoms with van der Waals surface area (Å²) in [5, 5.41) is 0. The van der Waals surface area contributed by atoms with Crippen LogP contribution in [-0.4, -0.2) is 27.7 Å². The van der Waals surface area contributed by atoms with Crippen molar-refractivity contribution in [3.05, 3.63) is 0 Å². The van der Waals surface area contributed by atoms with E-state index in [-0.39, 0.29) is 0 Å². The SMILES string of the molecule is O=[SH](=O)O.[Br][Bi]([Br])[Br]. The molecule has 0 fully saturated rings. The predicted octanol–water partition coefficient (Wildman–Crippen LogP) is 1.23. The first-order chi connectivity index (χ1) is 3.46. The molecular weight excluding hydrogens is 529 g/mol. The zero-order valence-corrected chi connectivity index (χ0v) is 12.4. The van der Waals surface area contributed by atoms with Gasteiger partial charge in [-0.1, -0.05) is 0 Å². The summed E-state index contributed by atoms with van der Waals surface area (Å²) in [6.45, 7) is 0. The summed E-state index contributed by atoms with van der Waals surface area (Å²) < 4.78 is 24.2. The Labute approximate surface area is 74.0 Å². The molecule has 0 saturated carbocycles. The molecule has 0 radical (unpaired) electrons. The maximum atomic E-state index is 8.59. The molecule has 8 heteroatoms. The van der Waals surface area contributed by atoms with E-state index in [9.17, 15) is 0 Å². The van der Waals surface area contributed by atoms with Gasteiger partial charge in [-0.05, 0) is 0 Å². The van der Waals surface area contributed by atoms with E-state index in [4.69, 9.17) is 13.0 Å². The Morgan fingerprint density at radius 2 is 1.25 bits per heavy atom. The van der Waals surface area contributed by atoms with Crippen LogP contribution in [0.25, 0.3) is 0 Å². The van der Waals surface area contributed by atoms with Crippen molar-refractivity contribution in [2.24, 2.45) is 0 Å². The molecule has 52 valence electrons. The van der Waals surface area contributed by atoms with Crippen molar-refractivity contribution in [3.63, 3.8) is 0 Å². The summed E-state index contributed by atoms with van der Waals surface area (Å²) in [5.74, 6) is 0. The van der Waals surface area contributed by atoms with Crippen molar-refractivity contribution in [1.82, 2.24) is 0 Å². The molecule has 0 aromatic rings. The number of rotatable bonds is 0. The third-order valence-electron chi connectivity index (χ3n) is 0. The Balaban J connectivity index is 0. The van der Waals surface area contributed by atoms with Crippen molar-refractivity contribution in [1.29, 1.82) is 0 Å². The molecular formula is H2BiBr3O3S. The van der Waals surface area contributed by atoms with Crippen LogP contribution in [-0.2, 0) is 11.0 Å². The Kier molecular flexibility index (Phi) is 14.9. The van der Waals surface area contributed by atoms with Crippen LogP contribution < -0.4 is 0 Å². The first-order valence-corrected chi connectivity index (χ1v) is 24.8. The normalized spacial score (nSPS) is 8.75. The standard InChI is InChI=1S/Bi.3BrH.H2O3S/c;;;;1-4(2)3/h;3*1H;4H,(H,1,2,3)/q+3;;;;/p-3. The maximum absolute atomic E-state index is 8.59. The Morgan fingerprint density at radius 1 is 1.25 bits per heavy atom. The van der Waals surface area contributed by atoms with Crippen LogP contribution in [0.4, 0.5) is 0 Å². The second-order valence-electron chi connectivity index (χ2n) is 0.429. The van der Waals surface area contributed by atoms with E-state index in [1.54, 1.807) is 0 Å². The van der Waals surface area contributed by atoms with Gasteiger partial charge in [-0.15, -0.1) is 0 Å². The van der Waals surface area contributed by atoms with E-state index >= 15 is 0 Å². The second kappa shape index (κ2) is 9.23. The van der Waals surface area contributed by atoms with E-state index in [2.05, 4.69) is 36.7 Å². The van der Waals surface area contributed by atoms with Crippen molar-refractivity contribution < 1.29 is 13.0 Å². The van der Waals surface area contributed by atoms with Gasteiger partial charge < -0.3 is 0 Å². The fourth-order valence-electron chi connectivity index (χ4n) is 0. The molecule has 0 spiro atoms. The minimum absolute atomic E-state index is 1.16. The monoisotopic (exact) mass is 528 g/mol. The zero-order chi connectivity index (χ0) is 7.15. The molecule has 0 rings (SSSR count). The Bertz CT molecular complexity index is 87.9. The van der Waals surface area contributed by atoms with Crippen LogP contribution in [0, 0.1) is 0 Å². The molecule has 0 aromatic carbocycles. The molecule has 0 heterocycles. The number of hydrogen-bond donors (Lipinski definition) is 2. The van der Waals surface area contributed by atoms with Gasteiger partial charge in [0.05, 0.1) is 0 Å². The van der Waals surface area contributed by atoms with Crippen molar-refractivity contribution in [2.75, 3.05) is 0 Å². The van der Waals surface area contributed by atoms with Gasteiger partial charge in [-0.25, -0.2) is 8.42 Å². The third-order valence-corrected chi connectivity index (χ3v) is 0. The van der Waals surface area contributed by atoms with E-state index in [0.29, 0.717) is 0 Å². The van der Waals surface area contributed by atoms with Crippen LogP contribution in [0.1, 0.15) is 0 Å². The summed E-state index contributed by atoms with van der Waals surface area (Å²) in [4.78, 5) is 0. The fraction of sp³-hybridized carbons (Fsp3) is 0. The van der Waals surface area contributed by atoms with Gasteiger partial charge >= 0.3 is 51.4 Å². The summed E-state index contributed by atoms with van der Waals surface area (Å²) in [7, 11) is -3.12. The van der Waals surface area contributed by atoms with Gasteiger partial charge in [0.25, 0.3) is 11.0 Å². The topological polar surface area (TPSA) is 54.4 Å². The van der Waals surface area contributed by atoms with E-state index in [0.717, 1.165) is 0 Å². The van der Waals surface area contributed by atoms with Crippen LogP contribution in [0.2, 0.25) is 0 Å². The van der Waals surface area contributed by atoms with Crippen molar-refractivity contribution in [2.45, 2.75) is 0 Å². The molecule has 1 N–H and O–H groups in total. The minimum atomic E-state index is -3.12. The quantitative estimate of drug-likeness (QED) is 0.282. The average molecular weight is 531 g/mol. The average Bonchev–Trinajstić information content (AvgIpc) is 1.25. The summed E-state index contributed by atoms with van der Waals surface area (Å²) >= 11 is 8.77. The Hall–Kier alpha value is 2.23. The molecule has 8 heavy (non-hydrogen) atoms. The van der Waals surface area contributed by atoms with Crippen LogP contribution >= 0.6 is 36.7 Å². The molecule has 0 atom stereocenters. The summed E-state index contributed by atoms with van der Waals surface area (Å²) in [5.41, 5.74) is 0. The van der Waals surface area contributed by atoms with Crippen molar-refractivity contribution >= 4 is 62.3 Å². The molecule has 0 unspecified atom stereocenters. The van der Waals surface area contributed by atoms with Gasteiger partial charge in [0, 0.05) is 0 Å². The summed E-state index contributed by atoms with van der Waals surface area (Å²) in [6.07, 6.45) is 0.